The van der Waals surface area contributed by atoms with Gasteiger partial charge in [-0.15, -0.1) is 0 Å². The maximum atomic E-state index is 11.0. The topological polar surface area (TPSA) is 74.2 Å². The zero-order valence-electron chi connectivity index (χ0n) is 9.91. The third-order valence-electron chi connectivity index (χ3n) is 2.03. The minimum atomic E-state index is -0.138. The molecule has 1 aromatic rings. The highest BCUT2D eigenvalue weighted by Crippen LogP contribution is 2.24. The zero-order valence-corrected chi connectivity index (χ0v) is 9.91. The van der Waals surface area contributed by atoms with Crippen molar-refractivity contribution in [3.05, 3.63) is 18.2 Å². The molecule has 0 fully saturated rings. The number of carbonyl (C=O) groups excluding carboxylic acids is 1. The average molecular weight is 233 g/mol. The van der Waals surface area contributed by atoms with Gasteiger partial charge in [0.25, 0.3) is 0 Å². The number of hydrogen-bond donors (Lipinski definition) is 2. The monoisotopic (exact) mass is 233 g/mol. The van der Waals surface area contributed by atoms with Crippen LogP contribution in [0.15, 0.2) is 18.2 Å². The number of nitriles is 1. The first-order chi connectivity index (χ1) is 8.15. The fourth-order valence-electron chi connectivity index (χ4n) is 1.36. The van der Waals surface area contributed by atoms with Crippen LogP contribution >= 0.6 is 0 Å². The number of benzene rings is 1. The summed E-state index contributed by atoms with van der Waals surface area (Å²) in [5.74, 6) is 0.511. The van der Waals surface area contributed by atoms with Gasteiger partial charge in [0.15, 0.2) is 0 Å². The van der Waals surface area contributed by atoms with E-state index >= 15 is 0 Å². The Morgan fingerprint density at radius 3 is 2.71 bits per heavy atom. The number of amides is 1. The Kier molecular flexibility index (Phi) is 4.82. The molecule has 0 heterocycles. The van der Waals surface area contributed by atoms with Crippen LogP contribution in [0.1, 0.15) is 13.3 Å². The van der Waals surface area contributed by atoms with Crippen molar-refractivity contribution >= 4 is 17.3 Å². The van der Waals surface area contributed by atoms with Gasteiger partial charge in [-0.2, -0.15) is 5.26 Å². The number of carbonyl (C=O) groups is 1. The van der Waals surface area contributed by atoms with Crippen molar-refractivity contribution in [1.29, 1.82) is 5.26 Å². The van der Waals surface area contributed by atoms with Crippen molar-refractivity contribution in [2.24, 2.45) is 0 Å². The van der Waals surface area contributed by atoms with E-state index in [0.717, 1.165) is 5.69 Å². The van der Waals surface area contributed by atoms with Crippen molar-refractivity contribution in [1.82, 2.24) is 0 Å². The van der Waals surface area contributed by atoms with Crippen molar-refractivity contribution in [3.8, 4) is 11.8 Å². The number of hydrogen-bond acceptors (Lipinski definition) is 4. The molecule has 0 aliphatic heterocycles. The van der Waals surface area contributed by atoms with E-state index in [-0.39, 0.29) is 5.91 Å². The van der Waals surface area contributed by atoms with Gasteiger partial charge < -0.3 is 15.4 Å². The van der Waals surface area contributed by atoms with Crippen LogP contribution in [0.3, 0.4) is 0 Å². The van der Waals surface area contributed by atoms with E-state index in [1.54, 1.807) is 19.2 Å². The van der Waals surface area contributed by atoms with Crippen molar-refractivity contribution in [2.75, 3.05) is 24.3 Å². The van der Waals surface area contributed by atoms with Crippen molar-refractivity contribution in [2.45, 2.75) is 13.3 Å². The van der Waals surface area contributed by atoms with E-state index in [4.69, 9.17) is 10.00 Å². The molecule has 1 aromatic carbocycles. The Morgan fingerprint density at radius 1 is 1.41 bits per heavy atom. The van der Waals surface area contributed by atoms with E-state index < -0.39 is 0 Å². The molecule has 0 spiro atoms. The van der Waals surface area contributed by atoms with Crippen LogP contribution in [0.25, 0.3) is 0 Å². The van der Waals surface area contributed by atoms with Gasteiger partial charge in [-0.25, -0.2) is 0 Å². The number of nitrogens with one attached hydrogen (secondary N) is 2. The summed E-state index contributed by atoms with van der Waals surface area (Å²) in [4.78, 5) is 11.0. The second-order valence-electron chi connectivity index (χ2n) is 3.47. The quantitative estimate of drug-likeness (QED) is 0.762. The molecular formula is C12H15N3O2. The lowest BCUT2D eigenvalue weighted by atomic mass is 10.2. The highest BCUT2D eigenvalue weighted by atomic mass is 16.5. The summed E-state index contributed by atoms with van der Waals surface area (Å²) in [5.41, 5.74) is 1.47. The van der Waals surface area contributed by atoms with Crippen LogP contribution in [0.4, 0.5) is 11.4 Å². The predicted octanol–water partition coefficient (Wildman–Crippen LogP) is 1.98. The molecule has 5 nitrogen and oxygen atoms in total. The van der Waals surface area contributed by atoms with Crippen LogP contribution in [-0.4, -0.2) is 19.6 Å². The summed E-state index contributed by atoms with van der Waals surface area (Å²) in [6.07, 6.45) is 0.423. The Hall–Kier alpha value is -2.22. The summed E-state index contributed by atoms with van der Waals surface area (Å²) >= 11 is 0. The smallest absolute Gasteiger partial charge is 0.221 e. The van der Waals surface area contributed by atoms with E-state index in [0.29, 0.717) is 24.4 Å². The number of methoxy groups -OCH3 is 1. The van der Waals surface area contributed by atoms with Crippen molar-refractivity contribution < 1.29 is 9.53 Å². The molecule has 0 aromatic heterocycles. The molecule has 0 unspecified atom stereocenters. The van der Waals surface area contributed by atoms with Gasteiger partial charge >= 0.3 is 0 Å². The normalized spacial score (nSPS) is 9.24. The van der Waals surface area contributed by atoms with E-state index in [1.807, 2.05) is 12.1 Å². The van der Waals surface area contributed by atoms with Gasteiger partial charge in [0.2, 0.25) is 5.91 Å². The van der Waals surface area contributed by atoms with Crippen molar-refractivity contribution in [3.63, 3.8) is 0 Å². The minimum absolute atomic E-state index is 0.138. The van der Waals surface area contributed by atoms with Crippen LogP contribution in [0.5, 0.6) is 5.75 Å². The van der Waals surface area contributed by atoms with Gasteiger partial charge in [-0.05, 0) is 6.07 Å². The lowest BCUT2D eigenvalue weighted by Gasteiger charge is -2.10. The maximum absolute atomic E-state index is 11.0. The largest absolute Gasteiger partial charge is 0.497 e. The molecule has 0 saturated heterocycles. The first-order valence-electron chi connectivity index (χ1n) is 5.23. The molecule has 0 radical (unpaired) electrons. The molecule has 17 heavy (non-hydrogen) atoms. The molecule has 0 atom stereocenters. The first-order valence-corrected chi connectivity index (χ1v) is 5.23. The highest BCUT2D eigenvalue weighted by molar-refractivity contribution is 5.89. The van der Waals surface area contributed by atoms with Crippen LogP contribution in [0.2, 0.25) is 0 Å². The molecular weight excluding hydrogens is 218 g/mol. The summed E-state index contributed by atoms with van der Waals surface area (Å²) in [5, 5.41) is 14.2. The molecule has 0 aliphatic rings. The lowest BCUT2D eigenvalue weighted by Crippen LogP contribution is -2.07. The van der Waals surface area contributed by atoms with Gasteiger partial charge in [-0.1, -0.05) is 0 Å². The molecule has 0 saturated carbocycles. The fraction of sp³-hybridized carbons (Fsp3) is 0.333. The molecule has 0 aliphatic carbocycles. The predicted molar refractivity (Wildman–Crippen MR) is 66.0 cm³/mol. The summed E-state index contributed by atoms with van der Waals surface area (Å²) in [6, 6.07) is 7.38. The molecule has 90 valence electrons. The van der Waals surface area contributed by atoms with Gasteiger partial charge in [0, 0.05) is 37.0 Å². The fourth-order valence-corrected chi connectivity index (χ4v) is 1.36. The second-order valence-corrected chi connectivity index (χ2v) is 3.47. The van der Waals surface area contributed by atoms with Crippen LogP contribution in [-0.2, 0) is 4.79 Å². The Morgan fingerprint density at radius 2 is 2.12 bits per heavy atom. The third-order valence-corrected chi connectivity index (χ3v) is 2.03. The summed E-state index contributed by atoms with van der Waals surface area (Å²) < 4.78 is 5.13. The maximum Gasteiger partial charge on any atom is 0.221 e. The number of rotatable bonds is 5. The van der Waals surface area contributed by atoms with Crippen LogP contribution in [0, 0.1) is 11.3 Å². The number of nitrogens with zero attached hydrogens (tertiary/aromatic N) is 1. The summed E-state index contributed by atoms with van der Waals surface area (Å²) in [6.45, 7) is 2.01. The SMILES string of the molecule is COc1cc(NCCC#N)cc(NC(C)=O)c1. The first kappa shape index (κ1) is 12.8. The molecule has 1 amide bonds. The van der Waals surface area contributed by atoms with Gasteiger partial charge in [0.1, 0.15) is 5.75 Å². The van der Waals surface area contributed by atoms with Crippen LogP contribution < -0.4 is 15.4 Å². The second kappa shape index (κ2) is 6.38. The highest BCUT2D eigenvalue weighted by Gasteiger charge is 2.02. The van der Waals surface area contributed by atoms with E-state index in [2.05, 4.69) is 10.6 Å². The number of ether oxygens (including phenoxy) is 1. The molecule has 5 heteroatoms. The van der Waals surface area contributed by atoms with Gasteiger partial charge in [0.05, 0.1) is 19.6 Å². The number of anilines is 2. The third kappa shape index (κ3) is 4.43. The molecule has 1 rings (SSSR count). The average Bonchev–Trinajstić information content (AvgIpc) is 2.28. The Bertz CT molecular complexity index is 438. The Balaban J connectivity index is 2.81. The standard InChI is InChI=1S/C12H15N3O2/c1-9(16)15-11-6-10(14-5-3-4-13)7-12(8-11)17-2/h6-8,14H,3,5H2,1-2H3,(H,15,16). The lowest BCUT2D eigenvalue weighted by molar-refractivity contribution is -0.114. The van der Waals surface area contributed by atoms with E-state index in [9.17, 15) is 4.79 Å². The molecule has 2 N–H and O–H groups in total. The van der Waals surface area contributed by atoms with E-state index in [1.165, 1.54) is 6.92 Å². The zero-order chi connectivity index (χ0) is 12.7. The minimum Gasteiger partial charge on any atom is -0.497 e. The molecule has 0 bridgehead atoms. The Labute approximate surface area is 100 Å². The van der Waals surface area contributed by atoms with Gasteiger partial charge in [-0.3, -0.25) is 4.79 Å². The summed E-state index contributed by atoms with van der Waals surface area (Å²) in [7, 11) is 1.56.